The molecule has 0 radical (unpaired) electrons. The highest BCUT2D eigenvalue weighted by atomic mass is 32.2. The van der Waals surface area contributed by atoms with E-state index in [0.29, 0.717) is 37.3 Å². The summed E-state index contributed by atoms with van der Waals surface area (Å²) in [6.07, 6.45) is 4.49. The molecule has 2 aromatic carbocycles. The number of thiocarbonyl (C=S) groups is 1. The van der Waals surface area contributed by atoms with Gasteiger partial charge in [-0.15, -0.1) is 0 Å². The molecule has 0 unspecified atom stereocenters. The number of nitrogens with one attached hydrogen (secondary N) is 2. The first-order valence-electron chi connectivity index (χ1n) is 12.9. The van der Waals surface area contributed by atoms with Crippen molar-refractivity contribution in [3.05, 3.63) is 60.2 Å². The van der Waals surface area contributed by atoms with Gasteiger partial charge in [-0.1, -0.05) is 25.1 Å². The second-order valence-corrected chi connectivity index (χ2v) is 13.6. The third kappa shape index (κ3) is 7.40. The minimum Gasteiger partial charge on any atom is -0.381 e. The van der Waals surface area contributed by atoms with Crippen molar-refractivity contribution >= 4 is 43.2 Å². The molecule has 2 saturated heterocycles. The van der Waals surface area contributed by atoms with E-state index in [2.05, 4.69) is 10.6 Å². The summed E-state index contributed by atoms with van der Waals surface area (Å²) >= 11 is 5.21. The quantitative estimate of drug-likeness (QED) is 0.480. The maximum absolute atomic E-state index is 12.9. The monoisotopic (exact) mass is 616 g/mol. The fourth-order valence-electron chi connectivity index (χ4n) is 4.73. The molecule has 2 heterocycles. The summed E-state index contributed by atoms with van der Waals surface area (Å²) in [6.45, 7) is 0.740. The van der Waals surface area contributed by atoms with Crippen LogP contribution in [-0.4, -0.2) is 75.6 Å². The highest BCUT2D eigenvalue weighted by Crippen LogP contribution is 2.27. The zero-order chi connectivity index (χ0) is 29.5. The highest BCUT2D eigenvalue weighted by Gasteiger charge is 2.37. The van der Waals surface area contributed by atoms with Crippen molar-refractivity contribution in [3.63, 3.8) is 0 Å². The lowest BCUT2D eigenvalue weighted by atomic mass is 10.0. The molecule has 0 aliphatic carbocycles. The lowest BCUT2D eigenvalue weighted by molar-refractivity contribution is -0.125. The van der Waals surface area contributed by atoms with Crippen molar-refractivity contribution in [2.45, 2.75) is 60.4 Å². The molecule has 0 spiro atoms. The molecule has 2 N–H and O–H groups in total. The predicted molar refractivity (Wildman–Crippen MR) is 152 cm³/mol. The van der Waals surface area contributed by atoms with Crippen molar-refractivity contribution in [2.24, 2.45) is 0 Å². The second kappa shape index (κ2) is 13.9. The van der Waals surface area contributed by atoms with Gasteiger partial charge in [0.2, 0.25) is 26.0 Å². The van der Waals surface area contributed by atoms with Crippen molar-refractivity contribution in [1.29, 1.82) is 0 Å². The number of nitrogens with zero attached hydrogens (tertiary/aromatic N) is 2. The van der Waals surface area contributed by atoms with Gasteiger partial charge in [0.15, 0.2) is 0 Å². The highest BCUT2D eigenvalue weighted by molar-refractivity contribution is 7.89. The first-order valence-corrected chi connectivity index (χ1v) is 16.2. The summed E-state index contributed by atoms with van der Waals surface area (Å²) in [7, 11) is -4.24. The molecule has 14 heteroatoms. The second-order valence-electron chi connectivity index (χ2n) is 9.39. The molecule has 0 saturated carbocycles. The molecular weight excluding hydrogens is 583 g/mol. The maximum atomic E-state index is 12.9. The van der Waals surface area contributed by atoms with Crippen molar-refractivity contribution in [3.8, 4) is 0 Å². The van der Waals surface area contributed by atoms with E-state index >= 15 is 0 Å². The Morgan fingerprint density at radius 3 is 1.52 bits per heavy atom. The lowest BCUT2D eigenvalue weighted by Crippen LogP contribution is -2.51. The van der Waals surface area contributed by atoms with Crippen LogP contribution in [0, 0.1) is 11.6 Å². The fourth-order valence-corrected chi connectivity index (χ4v) is 8.36. The van der Waals surface area contributed by atoms with Gasteiger partial charge in [0.05, 0.1) is 20.8 Å². The summed E-state index contributed by atoms with van der Waals surface area (Å²) < 4.78 is 78.9. The zero-order valence-corrected chi connectivity index (χ0v) is 24.8. The molecule has 2 aliphatic heterocycles. The fraction of sp³-hybridized carbons (Fsp3) is 0.462. The van der Waals surface area contributed by atoms with Crippen LogP contribution < -0.4 is 10.6 Å². The van der Waals surface area contributed by atoms with Gasteiger partial charge in [0.1, 0.15) is 17.7 Å². The average molecular weight is 617 g/mol. The van der Waals surface area contributed by atoms with Crippen LogP contribution in [0.4, 0.5) is 8.78 Å². The average Bonchev–Trinajstić information content (AvgIpc) is 2.97. The molecule has 1 amide bonds. The van der Waals surface area contributed by atoms with Gasteiger partial charge >= 0.3 is 0 Å². The Balaban J connectivity index is 0.000000220. The molecule has 9 nitrogen and oxygen atoms in total. The van der Waals surface area contributed by atoms with Gasteiger partial charge < -0.3 is 10.6 Å². The van der Waals surface area contributed by atoms with Crippen LogP contribution in [0.25, 0.3) is 0 Å². The van der Waals surface area contributed by atoms with Crippen LogP contribution in [0.15, 0.2) is 58.3 Å². The Morgan fingerprint density at radius 1 is 0.725 bits per heavy atom. The number of halogens is 2. The Kier molecular flexibility index (Phi) is 11.1. The Labute approximate surface area is 240 Å². The maximum Gasteiger partial charge on any atom is 0.243 e. The number of hydrogen-bond acceptors (Lipinski definition) is 6. The number of carbonyl (C=O) groups is 1. The first-order chi connectivity index (χ1) is 18.9. The van der Waals surface area contributed by atoms with Crippen LogP contribution in [-0.2, 0) is 24.8 Å². The molecule has 0 bridgehead atoms. The summed E-state index contributed by atoms with van der Waals surface area (Å²) in [5, 5.41) is 5.35. The summed E-state index contributed by atoms with van der Waals surface area (Å²) in [6, 6.07) is 8.53. The van der Waals surface area contributed by atoms with Crippen molar-refractivity contribution < 1.29 is 30.4 Å². The van der Waals surface area contributed by atoms with E-state index in [1.807, 2.05) is 0 Å². The number of likely N-dealkylation sites (N-methyl/N-ethyl adjacent to an activating group) is 2. The van der Waals surface area contributed by atoms with E-state index in [1.165, 1.54) is 39.9 Å². The van der Waals surface area contributed by atoms with Crippen LogP contribution in [0.3, 0.4) is 0 Å². The van der Waals surface area contributed by atoms with Crippen molar-refractivity contribution in [2.75, 3.05) is 27.2 Å². The van der Waals surface area contributed by atoms with Gasteiger partial charge in [-0.05, 0) is 74.2 Å². The molecule has 0 aromatic heterocycles. The Bertz CT molecular complexity index is 1280. The third-order valence-electron chi connectivity index (χ3n) is 6.85. The van der Waals surface area contributed by atoms with E-state index in [4.69, 9.17) is 12.2 Å². The molecule has 2 atom stereocenters. The summed E-state index contributed by atoms with van der Waals surface area (Å²) in [5.41, 5.74) is 0. The Hall–Kier alpha value is -2.52. The van der Waals surface area contributed by atoms with E-state index < -0.39 is 37.7 Å². The molecule has 2 aromatic rings. The largest absolute Gasteiger partial charge is 0.381 e. The first kappa shape index (κ1) is 32.0. The van der Waals surface area contributed by atoms with E-state index in [9.17, 15) is 30.4 Å². The number of rotatable bonds is 6. The smallest absolute Gasteiger partial charge is 0.243 e. The number of carbonyl (C=O) groups excluding carboxylic acids is 1. The van der Waals surface area contributed by atoms with Gasteiger partial charge in [-0.3, -0.25) is 4.79 Å². The van der Waals surface area contributed by atoms with E-state index in [1.54, 1.807) is 7.05 Å². The molecule has 220 valence electrons. The van der Waals surface area contributed by atoms with E-state index in [0.717, 1.165) is 43.5 Å². The SMILES string of the molecule is CNC(=O)[C@@H]1CCCCN1S(=O)(=O)c1ccc(F)cc1.CNC(=S)[C@@H]1CCCCN1S(=O)(=O)c1ccc(F)cc1. The van der Waals surface area contributed by atoms with Gasteiger partial charge in [0, 0.05) is 27.2 Å². The standard InChI is InChI=1S/C13H17FN2O3S.C13H17FN2O2S2/c1-15-13(17)12-4-2-3-9-16(12)20(18,19)11-7-5-10(14)6-8-11;1-15-13(19)12-4-2-3-9-16(12)20(17,18)11-7-5-10(14)6-8-11/h5-8,12H,2-4,9H2,1H3,(H,15,17);5-8,12H,2-4,9H2,1H3,(H,15,19)/t2*12-/m00/s1. The van der Waals surface area contributed by atoms with Crippen LogP contribution in [0.5, 0.6) is 0 Å². The molecule has 4 rings (SSSR count). The summed E-state index contributed by atoms with van der Waals surface area (Å²) in [5.74, 6) is -1.26. The molecular formula is C26H34F2N4O5S3. The number of piperidine rings is 2. The third-order valence-corrected chi connectivity index (χ3v) is 11.2. The number of sulfonamides is 2. The van der Waals surface area contributed by atoms with Gasteiger partial charge in [-0.25, -0.2) is 25.6 Å². The number of amides is 1. The predicted octanol–water partition coefficient (Wildman–Crippen LogP) is 3.03. The minimum atomic E-state index is -3.78. The van der Waals surface area contributed by atoms with Crippen LogP contribution in [0.1, 0.15) is 38.5 Å². The number of benzene rings is 2. The van der Waals surface area contributed by atoms with Crippen LogP contribution >= 0.6 is 12.2 Å². The lowest BCUT2D eigenvalue weighted by Gasteiger charge is -2.34. The zero-order valence-electron chi connectivity index (χ0n) is 22.3. The molecule has 40 heavy (non-hydrogen) atoms. The van der Waals surface area contributed by atoms with Gasteiger partial charge in [-0.2, -0.15) is 8.61 Å². The molecule has 2 aliphatic rings. The topological polar surface area (TPSA) is 116 Å². The Morgan fingerprint density at radius 2 is 1.12 bits per heavy atom. The normalized spacial score (nSPS) is 20.6. The summed E-state index contributed by atoms with van der Waals surface area (Å²) in [4.78, 5) is 12.5. The minimum absolute atomic E-state index is 0.00898. The molecule has 2 fully saturated rings. The van der Waals surface area contributed by atoms with Crippen LogP contribution in [0.2, 0.25) is 0 Å². The van der Waals surface area contributed by atoms with Gasteiger partial charge in [0.25, 0.3) is 0 Å². The number of hydrogen-bond donors (Lipinski definition) is 2. The van der Waals surface area contributed by atoms with E-state index in [-0.39, 0.29) is 21.7 Å². The van der Waals surface area contributed by atoms with Crippen molar-refractivity contribution in [1.82, 2.24) is 19.2 Å².